The van der Waals surface area contributed by atoms with E-state index in [1.807, 2.05) is 13.8 Å². The molecule has 3 N–H and O–H groups in total. The first kappa shape index (κ1) is 15.3. The van der Waals surface area contributed by atoms with Crippen LogP contribution in [-0.4, -0.2) is 37.5 Å². The SMILES string of the molecule is CC(C)(C(=O)NC1CCCCNC1=O)C1CCCNC1. The van der Waals surface area contributed by atoms with Crippen LogP contribution < -0.4 is 16.0 Å². The summed E-state index contributed by atoms with van der Waals surface area (Å²) in [7, 11) is 0. The van der Waals surface area contributed by atoms with E-state index in [0.717, 1.165) is 51.7 Å². The van der Waals surface area contributed by atoms with Crippen molar-refractivity contribution in [1.82, 2.24) is 16.0 Å². The van der Waals surface area contributed by atoms with Gasteiger partial charge in [-0.05, 0) is 51.1 Å². The van der Waals surface area contributed by atoms with E-state index in [-0.39, 0.29) is 17.9 Å². The van der Waals surface area contributed by atoms with E-state index in [2.05, 4.69) is 16.0 Å². The standard InChI is InChI=1S/C15H27N3O2/c1-15(2,11-6-5-8-16-10-11)14(20)18-12-7-3-4-9-17-13(12)19/h11-12,16H,3-10H2,1-2H3,(H,17,19)(H,18,20). The molecule has 0 aliphatic carbocycles. The number of hydrogen-bond donors (Lipinski definition) is 3. The van der Waals surface area contributed by atoms with Gasteiger partial charge < -0.3 is 16.0 Å². The smallest absolute Gasteiger partial charge is 0.242 e. The van der Waals surface area contributed by atoms with Crippen LogP contribution in [0.3, 0.4) is 0 Å². The number of nitrogens with one attached hydrogen (secondary N) is 3. The average Bonchev–Trinajstić information content (AvgIpc) is 2.65. The Balaban J connectivity index is 1.96. The van der Waals surface area contributed by atoms with Crippen molar-refractivity contribution in [3.8, 4) is 0 Å². The molecule has 0 radical (unpaired) electrons. The van der Waals surface area contributed by atoms with Crippen LogP contribution >= 0.6 is 0 Å². The van der Waals surface area contributed by atoms with Gasteiger partial charge >= 0.3 is 0 Å². The second-order valence-electron chi connectivity index (χ2n) is 6.58. The van der Waals surface area contributed by atoms with Crippen LogP contribution in [0.2, 0.25) is 0 Å². The van der Waals surface area contributed by atoms with Crippen molar-refractivity contribution in [3.05, 3.63) is 0 Å². The minimum atomic E-state index is -0.431. The Kier molecular flexibility index (Phi) is 5.02. The van der Waals surface area contributed by atoms with Gasteiger partial charge in [0, 0.05) is 12.0 Å². The molecule has 0 spiro atoms. The summed E-state index contributed by atoms with van der Waals surface area (Å²) >= 11 is 0. The minimum absolute atomic E-state index is 0.00764. The number of hydrogen-bond acceptors (Lipinski definition) is 3. The first-order valence-electron chi connectivity index (χ1n) is 7.81. The Labute approximate surface area is 121 Å². The van der Waals surface area contributed by atoms with Crippen LogP contribution in [-0.2, 0) is 9.59 Å². The fourth-order valence-corrected chi connectivity index (χ4v) is 3.07. The third kappa shape index (κ3) is 3.51. The van der Waals surface area contributed by atoms with Gasteiger partial charge in [-0.1, -0.05) is 13.8 Å². The molecule has 2 fully saturated rings. The summed E-state index contributed by atoms with van der Waals surface area (Å²) < 4.78 is 0. The zero-order chi connectivity index (χ0) is 14.6. The highest BCUT2D eigenvalue weighted by Gasteiger charge is 2.38. The Hall–Kier alpha value is -1.10. The van der Waals surface area contributed by atoms with Crippen molar-refractivity contribution in [3.63, 3.8) is 0 Å². The molecule has 0 aromatic heterocycles. The molecule has 5 heteroatoms. The van der Waals surface area contributed by atoms with Gasteiger partial charge in [0.05, 0.1) is 0 Å². The summed E-state index contributed by atoms with van der Waals surface area (Å²) in [6.45, 7) is 6.64. The predicted octanol–water partition coefficient (Wildman–Crippen LogP) is 0.797. The van der Waals surface area contributed by atoms with Crippen molar-refractivity contribution >= 4 is 11.8 Å². The predicted molar refractivity (Wildman–Crippen MR) is 78.2 cm³/mol. The normalized spacial score (nSPS) is 28.4. The number of amides is 2. The molecular weight excluding hydrogens is 254 g/mol. The maximum Gasteiger partial charge on any atom is 0.242 e. The van der Waals surface area contributed by atoms with Crippen molar-refractivity contribution in [2.24, 2.45) is 11.3 Å². The van der Waals surface area contributed by atoms with Gasteiger partial charge in [0.1, 0.15) is 6.04 Å². The summed E-state index contributed by atoms with van der Waals surface area (Å²) in [6.07, 6.45) is 4.91. The fourth-order valence-electron chi connectivity index (χ4n) is 3.07. The number of carbonyl (C=O) groups excluding carboxylic acids is 2. The van der Waals surface area contributed by atoms with Crippen LogP contribution in [0.25, 0.3) is 0 Å². The highest BCUT2D eigenvalue weighted by Crippen LogP contribution is 2.32. The van der Waals surface area contributed by atoms with E-state index in [9.17, 15) is 9.59 Å². The van der Waals surface area contributed by atoms with Crippen molar-refractivity contribution in [1.29, 1.82) is 0 Å². The van der Waals surface area contributed by atoms with Crippen molar-refractivity contribution < 1.29 is 9.59 Å². The molecule has 0 saturated carbocycles. The number of rotatable bonds is 3. The van der Waals surface area contributed by atoms with E-state index in [0.29, 0.717) is 5.92 Å². The zero-order valence-electron chi connectivity index (χ0n) is 12.6. The lowest BCUT2D eigenvalue weighted by Gasteiger charge is -2.36. The van der Waals surface area contributed by atoms with E-state index in [1.165, 1.54) is 0 Å². The minimum Gasteiger partial charge on any atom is -0.354 e. The lowest BCUT2D eigenvalue weighted by Crippen LogP contribution is -2.53. The molecule has 2 aliphatic heterocycles. The largest absolute Gasteiger partial charge is 0.354 e. The van der Waals surface area contributed by atoms with Crippen LogP contribution in [0, 0.1) is 11.3 Å². The highest BCUT2D eigenvalue weighted by atomic mass is 16.2. The maximum atomic E-state index is 12.6. The molecule has 2 rings (SSSR count). The van der Waals surface area contributed by atoms with Crippen LogP contribution in [0.15, 0.2) is 0 Å². The molecule has 114 valence electrons. The van der Waals surface area contributed by atoms with Gasteiger partial charge in [0.25, 0.3) is 0 Å². The van der Waals surface area contributed by atoms with Gasteiger partial charge in [-0.15, -0.1) is 0 Å². The molecule has 0 aromatic rings. The molecular formula is C15H27N3O2. The summed E-state index contributed by atoms with van der Waals surface area (Å²) in [6, 6.07) is -0.360. The molecule has 20 heavy (non-hydrogen) atoms. The van der Waals surface area contributed by atoms with Crippen LogP contribution in [0.4, 0.5) is 0 Å². The molecule has 2 saturated heterocycles. The molecule has 2 heterocycles. The second-order valence-corrected chi connectivity index (χ2v) is 6.58. The summed E-state index contributed by atoms with van der Waals surface area (Å²) in [4.78, 5) is 24.5. The molecule has 5 nitrogen and oxygen atoms in total. The van der Waals surface area contributed by atoms with E-state index in [4.69, 9.17) is 0 Å². The Morgan fingerprint density at radius 3 is 2.70 bits per heavy atom. The third-order valence-electron chi connectivity index (χ3n) is 4.74. The topological polar surface area (TPSA) is 70.2 Å². The third-order valence-corrected chi connectivity index (χ3v) is 4.74. The van der Waals surface area contributed by atoms with E-state index in [1.54, 1.807) is 0 Å². The quantitative estimate of drug-likeness (QED) is 0.716. The summed E-state index contributed by atoms with van der Waals surface area (Å²) in [5.41, 5.74) is -0.431. The Morgan fingerprint density at radius 2 is 2.00 bits per heavy atom. The summed E-state index contributed by atoms with van der Waals surface area (Å²) in [5, 5.41) is 9.19. The van der Waals surface area contributed by atoms with Crippen LogP contribution in [0.5, 0.6) is 0 Å². The van der Waals surface area contributed by atoms with E-state index < -0.39 is 5.41 Å². The monoisotopic (exact) mass is 281 g/mol. The van der Waals surface area contributed by atoms with Gasteiger partial charge in [-0.25, -0.2) is 0 Å². The first-order chi connectivity index (χ1) is 9.51. The fraction of sp³-hybridized carbons (Fsp3) is 0.867. The summed E-state index contributed by atoms with van der Waals surface area (Å²) in [5.74, 6) is 0.312. The Morgan fingerprint density at radius 1 is 1.20 bits per heavy atom. The Bertz CT molecular complexity index is 362. The number of piperidine rings is 1. The lowest BCUT2D eigenvalue weighted by atomic mass is 9.74. The van der Waals surface area contributed by atoms with Gasteiger partial charge in [0.15, 0.2) is 0 Å². The van der Waals surface area contributed by atoms with Gasteiger partial charge in [-0.3, -0.25) is 9.59 Å². The molecule has 2 aliphatic rings. The van der Waals surface area contributed by atoms with Gasteiger partial charge in [0.2, 0.25) is 11.8 Å². The van der Waals surface area contributed by atoms with Crippen molar-refractivity contribution in [2.75, 3.05) is 19.6 Å². The number of carbonyl (C=O) groups is 2. The van der Waals surface area contributed by atoms with E-state index >= 15 is 0 Å². The maximum absolute atomic E-state index is 12.6. The molecule has 2 atom stereocenters. The van der Waals surface area contributed by atoms with Gasteiger partial charge in [-0.2, -0.15) is 0 Å². The molecule has 0 bridgehead atoms. The molecule has 0 aromatic carbocycles. The van der Waals surface area contributed by atoms with Crippen LogP contribution in [0.1, 0.15) is 46.0 Å². The molecule has 2 unspecified atom stereocenters. The average molecular weight is 281 g/mol. The second kappa shape index (κ2) is 6.57. The lowest BCUT2D eigenvalue weighted by molar-refractivity contribution is -0.136. The first-order valence-corrected chi connectivity index (χ1v) is 7.81. The highest BCUT2D eigenvalue weighted by molar-refractivity contribution is 5.90. The molecule has 2 amide bonds. The zero-order valence-corrected chi connectivity index (χ0v) is 12.6. The van der Waals surface area contributed by atoms with Crippen molar-refractivity contribution in [2.45, 2.75) is 52.0 Å².